The van der Waals surface area contributed by atoms with Crippen LogP contribution in [-0.2, 0) is 24.3 Å². The minimum Gasteiger partial charge on any atom is -0.378 e. The summed E-state index contributed by atoms with van der Waals surface area (Å²) in [4.78, 5) is 13.3. The van der Waals surface area contributed by atoms with Gasteiger partial charge in [0.2, 0.25) is 15.9 Å². The zero-order valence-electron chi connectivity index (χ0n) is 16.0. The first kappa shape index (κ1) is 19.8. The van der Waals surface area contributed by atoms with Gasteiger partial charge in [0.05, 0.1) is 17.1 Å². The van der Waals surface area contributed by atoms with Crippen molar-refractivity contribution in [3.8, 4) is 0 Å². The molecule has 1 spiro atoms. The molecule has 0 aromatic heterocycles. The van der Waals surface area contributed by atoms with Gasteiger partial charge in [-0.05, 0) is 37.8 Å². The summed E-state index contributed by atoms with van der Waals surface area (Å²) in [5.74, 6) is -0.194. The molecule has 1 aromatic rings. The maximum absolute atomic E-state index is 13.1. The molecule has 1 amide bonds. The molecule has 3 heterocycles. The summed E-state index contributed by atoms with van der Waals surface area (Å²) >= 11 is 0. The number of piperidine rings is 1. The number of ether oxygens (including phenoxy) is 2. The van der Waals surface area contributed by atoms with E-state index in [1.54, 1.807) is 30.3 Å². The van der Waals surface area contributed by atoms with E-state index in [0.29, 0.717) is 32.8 Å². The van der Waals surface area contributed by atoms with Crippen molar-refractivity contribution in [3.05, 3.63) is 30.3 Å². The average Bonchev–Trinajstić information content (AvgIpc) is 3.16. The van der Waals surface area contributed by atoms with E-state index < -0.39 is 16.1 Å². The maximum atomic E-state index is 13.1. The van der Waals surface area contributed by atoms with Gasteiger partial charge in [-0.3, -0.25) is 4.79 Å². The van der Waals surface area contributed by atoms with E-state index in [1.807, 2.05) is 0 Å². The average molecular weight is 409 g/mol. The molecule has 3 fully saturated rings. The molecule has 4 rings (SSSR count). The Morgan fingerprint density at radius 1 is 1.14 bits per heavy atom. The Labute approximate surface area is 166 Å². The predicted molar refractivity (Wildman–Crippen MR) is 103 cm³/mol. The van der Waals surface area contributed by atoms with Crippen LogP contribution in [-0.4, -0.2) is 62.7 Å². The van der Waals surface area contributed by atoms with E-state index in [4.69, 9.17) is 9.47 Å². The fraction of sp³-hybridized carbons (Fsp3) is 0.650. The minimum atomic E-state index is -3.69. The number of nitrogens with one attached hydrogen (secondary N) is 1. The van der Waals surface area contributed by atoms with E-state index in [9.17, 15) is 13.2 Å². The molecule has 154 valence electrons. The number of carbonyl (C=O) groups excluding carboxylic acids is 1. The van der Waals surface area contributed by atoms with Crippen LogP contribution in [0.25, 0.3) is 0 Å². The lowest BCUT2D eigenvalue weighted by Crippen LogP contribution is -2.56. The number of carbonyl (C=O) groups is 1. The minimum absolute atomic E-state index is 0.00819. The molecule has 0 unspecified atom stereocenters. The van der Waals surface area contributed by atoms with Crippen LogP contribution in [0.1, 0.15) is 38.5 Å². The quantitative estimate of drug-likeness (QED) is 0.819. The van der Waals surface area contributed by atoms with Gasteiger partial charge in [0.1, 0.15) is 6.04 Å². The van der Waals surface area contributed by atoms with Crippen molar-refractivity contribution < 1.29 is 22.7 Å². The van der Waals surface area contributed by atoms with Gasteiger partial charge in [0.25, 0.3) is 0 Å². The Morgan fingerprint density at radius 3 is 2.71 bits per heavy atom. The molecule has 1 aromatic carbocycles. The summed E-state index contributed by atoms with van der Waals surface area (Å²) in [6.07, 6.45) is 4.48. The van der Waals surface area contributed by atoms with Crippen LogP contribution in [0.5, 0.6) is 0 Å². The third kappa shape index (κ3) is 3.96. The summed E-state index contributed by atoms with van der Waals surface area (Å²) in [6, 6.07) is 7.70. The van der Waals surface area contributed by atoms with Crippen molar-refractivity contribution in [2.75, 3.05) is 26.4 Å². The molecular weight excluding hydrogens is 380 g/mol. The standard InChI is InChI=1S/C20H28N2O5S/c23-19(21-16-9-12-27-20(14-16)10-13-26-15-20)18-8-4-5-11-22(18)28(24,25)17-6-2-1-3-7-17/h1-3,6-7,16,18H,4-5,8-15H2,(H,21,23)/t16-,18+,20+/m1/s1. The van der Waals surface area contributed by atoms with E-state index in [2.05, 4.69) is 5.32 Å². The highest BCUT2D eigenvalue weighted by Gasteiger charge is 2.43. The molecule has 0 bridgehead atoms. The van der Waals surface area contributed by atoms with Gasteiger partial charge in [-0.2, -0.15) is 4.31 Å². The summed E-state index contributed by atoms with van der Waals surface area (Å²) in [7, 11) is -3.69. The van der Waals surface area contributed by atoms with Gasteiger partial charge in [0, 0.05) is 32.2 Å². The van der Waals surface area contributed by atoms with Crippen LogP contribution in [0.15, 0.2) is 35.2 Å². The van der Waals surface area contributed by atoms with Crippen LogP contribution >= 0.6 is 0 Å². The lowest BCUT2D eigenvalue weighted by Gasteiger charge is -2.39. The number of rotatable bonds is 4. The fourth-order valence-electron chi connectivity index (χ4n) is 4.49. The van der Waals surface area contributed by atoms with Gasteiger partial charge in [-0.1, -0.05) is 24.6 Å². The molecule has 3 aliphatic heterocycles. The van der Waals surface area contributed by atoms with Crippen LogP contribution in [0, 0.1) is 0 Å². The molecule has 7 nitrogen and oxygen atoms in total. The molecule has 0 radical (unpaired) electrons. The van der Waals surface area contributed by atoms with Gasteiger partial charge in [-0.15, -0.1) is 0 Å². The van der Waals surface area contributed by atoms with Crippen LogP contribution in [0.2, 0.25) is 0 Å². The van der Waals surface area contributed by atoms with Crippen LogP contribution in [0.4, 0.5) is 0 Å². The second kappa shape index (κ2) is 8.10. The largest absolute Gasteiger partial charge is 0.378 e. The molecule has 0 aliphatic carbocycles. The number of amides is 1. The maximum Gasteiger partial charge on any atom is 0.243 e. The smallest absolute Gasteiger partial charge is 0.243 e. The summed E-state index contributed by atoms with van der Waals surface area (Å²) in [5.41, 5.74) is -0.293. The molecule has 1 N–H and O–H groups in total. The van der Waals surface area contributed by atoms with Crippen molar-refractivity contribution >= 4 is 15.9 Å². The van der Waals surface area contributed by atoms with Crippen molar-refractivity contribution in [2.24, 2.45) is 0 Å². The molecule has 0 saturated carbocycles. The Kier molecular flexibility index (Phi) is 5.73. The zero-order chi connectivity index (χ0) is 19.6. The van der Waals surface area contributed by atoms with Gasteiger partial charge in [-0.25, -0.2) is 8.42 Å². The highest BCUT2D eigenvalue weighted by molar-refractivity contribution is 7.89. The third-order valence-corrected chi connectivity index (χ3v) is 7.94. The van der Waals surface area contributed by atoms with Crippen molar-refractivity contribution in [1.29, 1.82) is 0 Å². The lowest BCUT2D eigenvalue weighted by molar-refractivity contribution is -0.130. The summed E-state index contributed by atoms with van der Waals surface area (Å²) in [5, 5.41) is 3.11. The van der Waals surface area contributed by atoms with Crippen molar-refractivity contribution in [3.63, 3.8) is 0 Å². The lowest BCUT2D eigenvalue weighted by atomic mass is 9.89. The molecule has 8 heteroatoms. The monoisotopic (exact) mass is 408 g/mol. The second-order valence-corrected chi connectivity index (χ2v) is 9.86. The first-order valence-corrected chi connectivity index (χ1v) is 11.5. The topological polar surface area (TPSA) is 84.9 Å². The summed E-state index contributed by atoms with van der Waals surface area (Å²) < 4.78 is 39.0. The predicted octanol–water partition coefficient (Wildman–Crippen LogP) is 1.68. The number of sulfonamides is 1. The molecule has 3 atom stereocenters. The van der Waals surface area contributed by atoms with Gasteiger partial charge >= 0.3 is 0 Å². The molecular formula is C20H28N2O5S. The second-order valence-electron chi connectivity index (χ2n) is 7.97. The first-order chi connectivity index (χ1) is 13.5. The number of nitrogens with zero attached hydrogens (tertiary/aromatic N) is 1. The molecule has 3 aliphatic rings. The summed E-state index contributed by atoms with van der Waals surface area (Å²) in [6.45, 7) is 2.22. The van der Waals surface area contributed by atoms with Gasteiger partial charge < -0.3 is 14.8 Å². The Bertz CT molecular complexity index is 792. The highest BCUT2D eigenvalue weighted by atomic mass is 32.2. The van der Waals surface area contributed by atoms with E-state index >= 15 is 0 Å². The normalized spacial score (nSPS) is 31.7. The van der Waals surface area contributed by atoms with Crippen LogP contribution < -0.4 is 5.32 Å². The molecule has 3 saturated heterocycles. The van der Waals surface area contributed by atoms with E-state index in [0.717, 1.165) is 32.1 Å². The number of benzene rings is 1. The Morgan fingerprint density at radius 2 is 1.96 bits per heavy atom. The number of hydrogen-bond acceptors (Lipinski definition) is 5. The van der Waals surface area contributed by atoms with Crippen LogP contribution in [0.3, 0.4) is 0 Å². The first-order valence-electron chi connectivity index (χ1n) is 10.1. The Hall–Kier alpha value is -1.48. The SMILES string of the molecule is O=C(N[C@@H]1CCO[C@@]2(CCOC2)C1)[C@@H]1CCCCN1S(=O)(=O)c1ccccc1. The number of hydrogen-bond donors (Lipinski definition) is 1. The van der Waals surface area contributed by atoms with Crippen molar-refractivity contribution in [1.82, 2.24) is 9.62 Å². The van der Waals surface area contributed by atoms with Crippen molar-refractivity contribution in [2.45, 2.75) is 61.1 Å². The zero-order valence-corrected chi connectivity index (χ0v) is 16.8. The fourth-order valence-corrected chi connectivity index (χ4v) is 6.17. The van der Waals surface area contributed by atoms with E-state index in [-0.39, 0.29) is 22.4 Å². The van der Waals surface area contributed by atoms with E-state index in [1.165, 1.54) is 4.31 Å². The highest BCUT2D eigenvalue weighted by Crippen LogP contribution is 2.33. The molecule has 28 heavy (non-hydrogen) atoms. The third-order valence-electron chi connectivity index (χ3n) is 6.01. The van der Waals surface area contributed by atoms with Gasteiger partial charge in [0.15, 0.2) is 0 Å². The Balaban J connectivity index is 1.47.